The highest BCUT2D eigenvalue weighted by Gasteiger charge is 2.12. The lowest BCUT2D eigenvalue weighted by atomic mass is 10.2. The van der Waals surface area contributed by atoms with Gasteiger partial charge in [-0.15, -0.1) is 11.8 Å². The summed E-state index contributed by atoms with van der Waals surface area (Å²) >= 11 is 8.05. The predicted octanol–water partition coefficient (Wildman–Crippen LogP) is 5.55. The van der Waals surface area contributed by atoms with Crippen LogP contribution in [0.2, 0.25) is 5.15 Å². The number of nitrogens with zero attached hydrogens (tertiary/aromatic N) is 3. The van der Waals surface area contributed by atoms with E-state index in [9.17, 15) is 4.79 Å². The first kappa shape index (κ1) is 21.7. The standard InChI is InChI=1S/C23H21ClN4OS/c1-17-19(23(24)28(27-17)16-18-8-3-2-4-9-18)12-13-22(29)26-20-10-5-6-11-21(20)30-15-7-14-25/h2-6,8-13H,7,15-16H2,1H3,(H,26,29)/b13-12+. The van der Waals surface area contributed by atoms with E-state index >= 15 is 0 Å². The van der Waals surface area contributed by atoms with E-state index < -0.39 is 0 Å². The third kappa shape index (κ3) is 5.76. The van der Waals surface area contributed by atoms with E-state index in [0.717, 1.165) is 27.4 Å². The molecule has 7 heteroatoms. The average Bonchev–Trinajstić information content (AvgIpc) is 3.01. The molecule has 1 amide bonds. The highest BCUT2D eigenvalue weighted by molar-refractivity contribution is 7.99. The Hall–Kier alpha value is -3.01. The fourth-order valence-corrected chi connectivity index (χ4v) is 4.01. The van der Waals surface area contributed by atoms with Crippen molar-refractivity contribution in [2.75, 3.05) is 11.1 Å². The Morgan fingerprint density at radius 1 is 1.23 bits per heavy atom. The number of nitrogens with one attached hydrogen (secondary N) is 1. The number of aromatic nitrogens is 2. The Kier molecular flexibility index (Phi) is 7.72. The number of carbonyl (C=O) groups excluding carboxylic acids is 1. The summed E-state index contributed by atoms with van der Waals surface area (Å²) in [7, 11) is 0. The number of amides is 1. The molecule has 0 fully saturated rings. The molecule has 0 spiro atoms. The molecule has 0 radical (unpaired) electrons. The molecule has 0 saturated heterocycles. The van der Waals surface area contributed by atoms with Crippen LogP contribution in [0.15, 0.2) is 65.6 Å². The van der Waals surface area contributed by atoms with Crippen LogP contribution in [0.3, 0.4) is 0 Å². The number of benzene rings is 2. The molecule has 1 aromatic heterocycles. The van der Waals surface area contributed by atoms with Crippen LogP contribution < -0.4 is 5.32 Å². The number of nitriles is 1. The zero-order valence-corrected chi connectivity index (χ0v) is 18.1. The molecule has 152 valence electrons. The second-order valence-electron chi connectivity index (χ2n) is 6.51. The van der Waals surface area contributed by atoms with Gasteiger partial charge in [0.25, 0.3) is 0 Å². The molecule has 2 aromatic carbocycles. The van der Waals surface area contributed by atoms with Crippen LogP contribution in [-0.4, -0.2) is 21.4 Å². The van der Waals surface area contributed by atoms with Crippen molar-refractivity contribution in [1.29, 1.82) is 5.26 Å². The third-order valence-corrected chi connectivity index (χ3v) is 5.78. The molecule has 0 unspecified atom stereocenters. The zero-order valence-electron chi connectivity index (χ0n) is 16.5. The monoisotopic (exact) mass is 436 g/mol. The minimum Gasteiger partial charge on any atom is -0.321 e. The van der Waals surface area contributed by atoms with Crippen LogP contribution >= 0.6 is 23.4 Å². The number of aryl methyl sites for hydroxylation is 1. The number of carbonyl (C=O) groups is 1. The fraction of sp³-hybridized carbons (Fsp3) is 0.174. The Labute approximate surface area is 185 Å². The van der Waals surface area contributed by atoms with Crippen molar-refractivity contribution in [2.45, 2.75) is 24.8 Å². The molecule has 5 nitrogen and oxygen atoms in total. The van der Waals surface area contributed by atoms with Gasteiger partial charge in [-0.05, 0) is 30.7 Å². The van der Waals surface area contributed by atoms with Crippen molar-refractivity contribution in [3.05, 3.63) is 82.6 Å². The summed E-state index contributed by atoms with van der Waals surface area (Å²) in [5.74, 6) is 0.420. The lowest BCUT2D eigenvalue weighted by molar-refractivity contribution is -0.111. The number of hydrogen-bond donors (Lipinski definition) is 1. The lowest BCUT2D eigenvalue weighted by Crippen LogP contribution is -2.08. The van der Waals surface area contributed by atoms with Crippen LogP contribution in [0.25, 0.3) is 6.08 Å². The van der Waals surface area contributed by atoms with Crippen LogP contribution in [0.1, 0.15) is 23.2 Å². The Balaban J connectivity index is 1.69. The third-order valence-electron chi connectivity index (χ3n) is 4.30. The molecule has 3 rings (SSSR count). The number of para-hydroxylation sites is 1. The van der Waals surface area contributed by atoms with E-state index in [2.05, 4.69) is 16.5 Å². The van der Waals surface area contributed by atoms with Crippen molar-refractivity contribution in [3.8, 4) is 6.07 Å². The summed E-state index contributed by atoms with van der Waals surface area (Å²) in [5.41, 5.74) is 3.30. The van der Waals surface area contributed by atoms with Gasteiger partial charge in [0, 0.05) is 28.7 Å². The van der Waals surface area contributed by atoms with Gasteiger partial charge in [0.15, 0.2) is 0 Å². The smallest absolute Gasteiger partial charge is 0.248 e. The molecular weight excluding hydrogens is 416 g/mol. The van der Waals surface area contributed by atoms with Crippen molar-refractivity contribution in [3.63, 3.8) is 0 Å². The van der Waals surface area contributed by atoms with Crippen molar-refractivity contribution in [2.24, 2.45) is 0 Å². The maximum atomic E-state index is 12.5. The predicted molar refractivity (Wildman–Crippen MR) is 123 cm³/mol. The Morgan fingerprint density at radius 3 is 2.73 bits per heavy atom. The molecule has 0 aliphatic heterocycles. The van der Waals surface area contributed by atoms with Gasteiger partial charge in [0.2, 0.25) is 5.91 Å². The molecule has 0 atom stereocenters. The molecule has 1 N–H and O–H groups in total. The molecule has 0 bridgehead atoms. The first-order chi connectivity index (χ1) is 14.6. The number of hydrogen-bond acceptors (Lipinski definition) is 4. The Morgan fingerprint density at radius 2 is 1.97 bits per heavy atom. The van der Waals surface area contributed by atoms with Gasteiger partial charge in [-0.3, -0.25) is 4.79 Å². The highest BCUT2D eigenvalue weighted by Crippen LogP contribution is 2.27. The van der Waals surface area contributed by atoms with E-state index in [1.807, 2.05) is 61.5 Å². The highest BCUT2D eigenvalue weighted by atomic mass is 35.5. The van der Waals surface area contributed by atoms with Crippen LogP contribution in [-0.2, 0) is 11.3 Å². The summed E-state index contributed by atoms with van der Waals surface area (Å²) in [4.78, 5) is 13.4. The zero-order chi connectivity index (χ0) is 21.3. The summed E-state index contributed by atoms with van der Waals surface area (Å²) in [6.45, 7) is 2.43. The number of anilines is 1. The molecule has 0 aliphatic carbocycles. The molecule has 0 aliphatic rings. The Bertz CT molecular complexity index is 1090. The van der Waals surface area contributed by atoms with Gasteiger partial charge in [0.1, 0.15) is 5.15 Å². The average molecular weight is 437 g/mol. The fourth-order valence-electron chi connectivity index (χ4n) is 2.85. The topological polar surface area (TPSA) is 70.7 Å². The van der Waals surface area contributed by atoms with Crippen molar-refractivity contribution in [1.82, 2.24) is 9.78 Å². The van der Waals surface area contributed by atoms with Gasteiger partial charge >= 0.3 is 0 Å². The quantitative estimate of drug-likeness (QED) is 0.285. The second-order valence-corrected chi connectivity index (χ2v) is 8.00. The van der Waals surface area contributed by atoms with Crippen molar-refractivity contribution < 1.29 is 4.79 Å². The second kappa shape index (κ2) is 10.7. The van der Waals surface area contributed by atoms with E-state index in [1.54, 1.807) is 22.5 Å². The normalized spacial score (nSPS) is 10.8. The molecule has 30 heavy (non-hydrogen) atoms. The van der Waals surface area contributed by atoms with E-state index in [1.165, 1.54) is 6.08 Å². The summed E-state index contributed by atoms with van der Waals surface area (Å²) < 4.78 is 1.73. The molecule has 0 saturated carbocycles. The molecule has 1 heterocycles. The van der Waals surface area contributed by atoms with Gasteiger partial charge < -0.3 is 5.32 Å². The number of rotatable bonds is 8. The minimum atomic E-state index is -0.255. The molecule has 3 aromatic rings. The maximum Gasteiger partial charge on any atom is 0.248 e. The van der Waals surface area contributed by atoms with Gasteiger partial charge in [0.05, 0.1) is 24.0 Å². The first-order valence-electron chi connectivity index (χ1n) is 9.43. The van der Waals surface area contributed by atoms with Crippen LogP contribution in [0.4, 0.5) is 5.69 Å². The minimum absolute atomic E-state index is 0.255. The van der Waals surface area contributed by atoms with E-state index in [4.69, 9.17) is 16.9 Å². The summed E-state index contributed by atoms with van der Waals surface area (Å²) in [6, 6.07) is 19.6. The summed E-state index contributed by atoms with van der Waals surface area (Å²) in [6.07, 6.45) is 3.60. The van der Waals surface area contributed by atoms with Crippen LogP contribution in [0.5, 0.6) is 0 Å². The summed E-state index contributed by atoms with van der Waals surface area (Å²) in [5, 5.41) is 16.6. The van der Waals surface area contributed by atoms with Gasteiger partial charge in [-0.1, -0.05) is 54.1 Å². The number of halogens is 1. The van der Waals surface area contributed by atoms with Crippen molar-refractivity contribution >= 4 is 41.0 Å². The van der Waals surface area contributed by atoms with E-state index in [0.29, 0.717) is 23.9 Å². The van der Waals surface area contributed by atoms with E-state index in [-0.39, 0.29) is 5.91 Å². The van der Waals surface area contributed by atoms with Crippen LogP contribution in [0, 0.1) is 18.3 Å². The maximum absolute atomic E-state index is 12.5. The number of thioether (sulfide) groups is 1. The molecular formula is C23H21ClN4OS. The SMILES string of the molecule is Cc1nn(Cc2ccccc2)c(Cl)c1/C=C/C(=O)Nc1ccccc1SCCC#N. The lowest BCUT2D eigenvalue weighted by Gasteiger charge is -2.08. The first-order valence-corrected chi connectivity index (χ1v) is 10.8. The van der Waals surface area contributed by atoms with Gasteiger partial charge in [-0.25, -0.2) is 4.68 Å². The van der Waals surface area contributed by atoms with Gasteiger partial charge in [-0.2, -0.15) is 10.4 Å². The largest absolute Gasteiger partial charge is 0.321 e.